The van der Waals surface area contributed by atoms with Crippen LogP contribution in [0.5, 0.6) is 0 Å². The summed E-state index contributed by atoms with van der Waals surface area (Å²) in [7, 11) is 2.10. The lowest BCUT2D eigenvalue weighted by Gasteiger charge is -2.17. The molecule has 0 fully saturated rings. The number of carboxylic acids is 1. The molecule has 0 amide bonds. The SMILES string of the molecule is CC(C)CCN(C)Cc1sccc1C=CC(=O)O. The van der Waals surface area contributed by atoms with E-state index in [4.69, 9.17) is 5.11 Å². The molecule has 1 rings (SSSR count). The first-order valence-electron chi connectivity index (χ1n) is 6.15. The highest BCUT2D eigenvalue weighted by molar-refractivity contribution is 7.10. The van der Waals surface area contributed by atoms with Gasteiger partial charge in [0.2, 0.25) is 0 Å². The first kappa shape index (κ1) is 14.9. The minimum Gasteiger partial charge on any atom is -0.478 e. The van der Waals surface area contributed by atoms with Crippen molar-refractivity contribution in [3.63, 3.8) is 0 Å². The van der Waals surface area contributed by atoms with Crippen molar-refractivity contribution in [2.24, 2.45) is 5.92 Å². The molecule has 0 aliphatic carbocycles. The van der Waals surface area contributed by atoms with Crippen LogP contribution in [-0.4, -0.2) is 29.6 Å². The maximum atomic E-state index is 10.5. The molecule has 1 N–H and O–H groups in total. The number of carboxylic acid groups (broad SMARTS) is 1. The Morgan fingerprint density at radius 1 is 1.56 bits per heavy atom. The molecular formula is C14H21NO2S. The van der Waals surface area contributed by atoms with Crippen LogP contribution in [0.15, 0.2) is 17.5 Å². The van der Waals surface area contributed by atoms with Crippen molar-refractivity contribution in [3.05, 3.63) is 28.0 Å². The number of thiophene rings is 1. The molecule has 1 aromatic rings. The van der Waals surface area contributed by atoms with Crippen LogP contribution < -0.4 is 0 Å². The number of aliphatic carboxylic acids is 1. The average Bonchev–Trinajstić information content (AvgIpc) is 2.71. The minimum atomic E-state index is -0.902. The van der Waals surface area contributed by atoms with Gasteiger partial charge in [-0.15, -0.1) is 11.3 Å². The Labute approximate surface area is 113 Å². The fourth-order valence-corrected chi connectivity index (χ4v) is 2.54. The van der Waals surface area contributed by atoms with Crippen LogP contribution in [-0.2, 0) is 11.3 Å². The average molecular weight is 267 g/mol. The van der Waals surface area contributed by atoms with Crippen LogP contribution in [0.4, 0.5) is 0 Å². The van der Waals surface area contributed by atoms with Crippen molar-refractivity contribution < 1.29 is 9.90 Å². The molecule has 18 heavy (non-hydrogen) atoms. The van der Waals surface area contributed by atoms with Crippen molar-refractivity contribution in [2.75, 3.05) is 13.6 Å². The molecule has 0 bridgehead atoms. The zero-order chi connectivity index (χ0) is 13.5. The topological polar surface area (TPSA) is 40.5 Å². The van der Waals surface area contributed by atoms with Crippen molar-refractivity contribution in [2.45, 2.75) is 26.8 Å². The molecule has 4 heteroatoms. The summed E-state index contributed by atoms with van der Waals surface area (Å²) in [5, 5.41) is 10.6. The quantitative estimate of drug-likeness (QED) is 0.770. The maximum absolute atomic E-state index is 10.5. The van der Waals surface area contributed by atoms with Gasteiger partial charge in [-0.1, -0.05) is 13.8 Å². The molecule has 0 radical (unpaired) electrons. The summed E-state index contributed by atoms with van der Waals surface area (Å²) in [6.07, 6.45) is 4.05. The van der Waals surface area contributed by atoms with Gasteiger partial charge in [0.05, 0.1) is 0 Å². The molecule has 0 unspecified atom stereocenters. The molecule has 1 heterocycles. The van der Waals surface area contributed by atoms with Crippen molar-refractivity contribution >= 4 is 23.4 Å². The summed E-state index contributed by atoms with van der Waals surface area (Å²) >= 11 is 1.68. The van der Waals surface area contributed by atoms with Gasteiger partial charge in [-0.05, 0) is 49.0 Å². The van der Waals surface area contributed by atoms with Gasteiger partial charge < -0.3 is 10.0 Å². The van der Waals surface area contributed by atoms with E-state index < -0.39 is 5.97 Å². The van der Waals surface area contributed by atoms with E-state index in [1.54, 1.807) is 17.4 Å². The second kappa shape index (κ2) is 7.34. The highest BCUT2D eigenvalue weighted by Crippen LogP contribution is 2.20. The molecule has 0 spiro atoms. The molecule has 0 saturated carbocycles. The van der Waals surface area contributed by atoms with Crippen LogP contribution in [0.3, 0.4) is 0 Å². The van der Waals surface area contributed by atoms with Crippen LogP contribution in [0.2, 0.25) is 0 Å². The summed E-state index contributed by atoms with van der Waals surface area (Å²) in [5.74, 6) is -0.192. The second-order valence-electron chi connectivity index (χ2n) is 4.89. The lowest BCUT2D eigenvalue weighted by Crippen LogP contribution is -2.20. The van der Waals surface area contributed by atoms with E-state index in [9.17, 15) is 4.79 Å². The van der Waals surface area contributed by atoms with Gasteiger partial charge in [0, 0.05) is 17.5 Å². The Balaban J connectivity index is 2.56. The largest absolute Gasteiger partial charge is 0.478 e. The van der Waals surface area contributed by atoms with Gasteiger partial charge in [-0.3, -0.25) is 0 Å². The van der Waals surface area contributed by atoms with Crippen LogP contribution in [0.1, 0.15) is 30.7 Å². The molecule has 0 atom stereocenters. The molecule has 0 aliphatic heterocycles. The maximum Gasteiger partial charge on any atom is 0.328 e. The van der Waals surface area contributed by atoms with E-state index in [2.05, 4.69) is 25.8 Å². The van der Waals surface area contributed by atoms with E-state index >= 15 is 0 Å². The fraction of sp³-hybridized carbons (Fsp3) is 0.500. The third-order valence-electron chi connectivity index (χ3n) is 2.69. The smallest absolute Gasteiger partial charge is 0.328 e. The first-order valence-corrected chi connectivity index (χ1v) is 7.03. The van der Waals surface area contributed by atoms with E-state index in [1.165, 1.54) is 17.4 Å². The van der Waals surface area contributed by atoms with Gasteiger partial charge in [-0.25, -0.2) is 4.79 Å². The lowest BCUT2D eigenvalue weighted by molar-refractivity contribution is -0.131. The van der Waals surface area contributed by atoms with E-state index in [0.717, 1.165) is 18.7 Å². The normalized spacial score (nSPS) is 11.8. The van der Waals surface area contributed by atoms with E-state index in [0.29, 0.717) is 5.92 Å². The highest BCUT2D eigenvalue weighted by Gasteiger charge is 2.06. The first-order chi connectivity index (χ1) is 8.49. The zero-order valence-electron chi connectivity index (χ0n) is 11.2. The van der Waals surface area contributed by atoms with Crippen molar-refractivity contribution in [1.82, 2.24) is 4.90 Å². The molecule has 0 aromatic carbocycles. The Morgan fingerprint density at radius 2 is 2.28 bits per heavy atom. The lowest BCUT2D eigenvalue weighted by atomic mass is 10.1. The summed E-state index contributed by atoms with van der Waals surface area (Å²) in [4.78, 5) is 14.0. The molecule has 0 saturated heterocycles. The Kier molecular flexibility index (Phi) is 6.09. The minimum absolute atomic E-state index is 0.710. The number of rotatable bonds is 7. The van der Waals surface area contributed by atoms with Crippen molar-refractivity contribution in [1.29, 1.82) is 0 Å². The van der Waals surface area contributed by atoms with Gasteiger partial charge in [-0.2, -0.15) is 0 Å². The second-order valence-corrected chi connectivity index (χ2v) is 5.89. The molecule has 3 nitrogen and oxygen atoms in total. The predicted molar refractivity (Wildman–Crippen MR) is 76.8 cm³/mol. The van der Waals surface area contributed by atoms with E-state index in [-0.39, 0.29) is 0 Å². The third kappa shape index (κ3) is 5.47. The van der Waals surface area contributed by atoms with Crippen LogP contribution >= 0.6 is 11.3 Å². The van der Waals surface area contributed by atoms with Gasteiger partial charge in [0.25, 0.3) is 0 Å². The summed E-state index contributed by atoms with van der Waals surface area (Å²) in [6.45, 7) is 6.39. The zero-order valence-corrected chi connectivity index (χ0v) is 12.0. The highest BCUT2D eigenvalue weighted by atomic mass is 32.1. The van der Waals surface area contributed by atoms with Crippen molar-refractivity contribution in [3.8, 4) is 0 Å². The molecule has 100 valence electrons. The van der Waals surface area contributed by atoms with Crippen LogP contribution in [0, 0.1) is 5.92 Å². The summed E-state index contributed by atoms with van der Waals surface area (Å²) in [6, 6.07) is 1.97. The standard InChI is InChI=1S/C14H21NO2S/c1-11(2)6-8-15(3)10-13-12(7-9-18-13)4-5-14(16)17/h4-5,7,9,11H,6,8,10H2,1-3H3,(H,16,17). The Hall–Kier alpha value is -1.13. The molecule has 1 aromatic heterocycles. The molecular weight excluding hydrogens is 246 g/mol. The van der Waals surface area contributed by atoms with E-state index in [1.807, 2.05) is 11.4 Å². The van der Waals surface area contributed by atoms with Gasteiger partial charge >= 0.3 is 5.97 Å². The Morgan fingerprint density at radius 3 is 2.89 bits per heavy atom. The number of nitrogens with zero attached hydrogens (tertiary/aromatic N) is 1. The summed E-state index contributed by atoms with van der Waals surface area (Å²) < 4.78 is 0. The third-order valence-corrected chi connectivity index (χ3v) is 3.61. The fourth-order valence-electron chi connectivity index (χ4n) is 1.59. The molecule has 0 aliphatic rings. The number of hydrogen-bond acceptors (Lipinski definition) is 3. The summed E-state index contributed by atoms with van der Waals surface area (Å²) in [5.41, 5.74) is 1.01. The monoisotopic (exact) mass is 267 g/mol. The van der Waals surface area contributed by atoms with Gasteiger partial charge in [0.1, 0.15) is 0 Å². The van der Waals surface area contributed by atoms with Crippen LogP contribution in [0.25, 0.3) is 6.08 Å². The number of hydrogen-bond donors (Lipinski definition) is 1. The predicted octanol–water partition coefficient (Wildman–Crippen LogP) is 3.32. The Bertz CT molecular complexity index is 410. The van der Waals surface area contributed by atoms with Gasteiger partial charge in [0.15, 0.2) is 0 Å². The number of carbonyl (C=O) groups is 1.